The van der Waals surface area contributed by atoms with Crippen molar-refractivity contribution in [2.75, 3.05) is 32.9 Å². The molecule has 0 spiro atoms. The molecule has 0 saturated carbocycles. The van der Waals surface area contributed by atoms with Gasteiger partial charge in [0.15, 0.2) is 0 Å². The Morgan fingerprint density at radius 2 is 1.78 bits per heavy atom. The van der Waals surface area contributed by atoms with Crippen molar-refractivity contribution >= 4 is 10.9 Å². The lowest BCUT2D eigenvalue weighted by Gasteiger charge is -2.43. The quantitative estimate of drug-likeness (QED) is 0.364. The minimum absolute atomic E-state index is 0.0457. The number of aromatic amines is 1. The number of aromatic nitrogens is 1. The second kappa shape index (κ2) is 9.91. The first-order valence-electron chi connectivity index (χ1n) is 12.7. The van der Waals surface area contributed by atoms with Gasteiger partial charge in [0.2, 0.25) is 0 Å². The number of nitrogens with zero attached hydrogens (tertiary/aromatic N) is 2. The predicted octanol–water partition coefficient (Wildman–Crippen LogP) is 6.09. The van der Waals surface area contributed by atoms with E-state index in [9.17, 15) is 13.2 Å². The standard InChI is InChI=1S/C28H32F5N3O/c1-16-9-21-20-6-5-17(30)10-24(20)34-26(21)27(36(16)15-28(2,3)33)25-22(31)11-18(12-23(25)32)37-19-13-35(14-19)8-4-7-29/h5-6,10-12,16,19,27,34H,4,7-9,13-15H2,1-3H3/t16-,27-/m1/s1. The highest BCUT2D eigenvalue weighted by Gasteiger charge is 2.41. The third-order valence-electron chi connectivity index (χ3n) is 7.29. The molecule has 0 amide bonds. The van der Waals surface area contributed by atoms with Crippen LogP contribution in [0.2, 0.25) is 0 Å². The summed E-state index contributed by atoms with van der Waals surface area (Å²) in [7, 11) is 0. The van der Waals surface area contributed by atoms with Gasteiger partial charge < -0.3 is 9.72 Å². The summed E-state index contributed by atoms with van der Waals surface area (Å²) >= 11 is 0. The summed E-state index contributed by atoms with van der Waals surface area (Å²) in [5.41, 5.74) is 0.108. The van der Waals surface area contributed by atoms with E-state index in [0.717, 1.165) is 10.9 Å². The molecule has 3 aromatic rings. The number of benzene rings is 2. The van der Waals surface area contributed by atoms with Crippen LogP contribution in [0.25, 0.3) is 10.9 Å². The fourth-order valence-electron chi connectivity index (χ4n) is 5.67. The first-order chi connectivity index (χ1) is 17.5. The normalized spacial score (nSPS) is 21.3. The number of hydrogen-bond donors (Lipinski definition) is 1. The van der Waals surface area contributed by atoms with E-state index in [0.29, 0.717) is 43.7 Å². The Hall–Kier alpha value is -2.65. The molecule has 37 heavy (non-hydrogen) atoms. The Labute approximate surface area is 213 Å². The van der Waals surface area contributed by atoms with Gasteiger partial charge in [0.25, 0.3) is 0 Å². The van der Waals surface area contributed by atoms with Crippen LogP contribution in [0.3, 0.4) is 0 Å². The lowest BCUT2D eigenvalue weighted by molar-refractivity contribution is 0.0179. The predicted molar refractivity (Wildman–Crippen MR) is 133 cm³/mol. The Kier molecular flexibility index (Phi) is 6.96. The second-order valence-corrected chi connectivity index (χ2v) is 10.9. The molecule has 5 rings (SSSR count). The summed E-state index contributed by atoms with van der Waals surface area (Å²) in [5, 5.41) is 0.787. The highest BCUT2D eigenvalue weighted by Crippen LogP contribution is 2.44. The molecule has 2 aliphatic rings. The molecular formula is C28H32F5N3O. The van der Waals surface area contributed by atoms with Gasteiger partial charge >= 0.3 is 0 Å². The van der Waals surface area contributed by atoms with Crippen molar-refractivity contribution in [2.24, 2.45) is 0 Å². The Balaban J connectivity index is 1.51. The summed E-state index contributed by atoms with van der Waals surface area (Å²) in [4.78, 5) is 6.97. The smallest absolute Gasteiger partial charge is 0.135 e. The second-order valence-electron chi connectivity index (χ2n) is 10.9. The minimum Gasteiger partial charge on any atom is -0.488 e. The van der Waals surface area contributed by atoms with Gasteiger partial charge in [0.1, 0.15) is 35.0 Å². The van der Waals surface area contributed by atoms with Crippen molar-refractivity contribution in [2.45, 2.75) is 57.5 Å². The SMILES string of the molecule is C[C@@H]1Cc2c([nH]c3cc(F)ccc23)[C@@H](c2c(F)cc(OC3CN(CCCF)C3)cc2F)N1CC(C)(C)F. The molecule has 1 aromatic heterocycles. The van der Waals surface area contributed by atoms with Gasteiger partial charge in [0.05, 0.1) is 12.7 Å². The van der Waals surface area contributed by atoms with Crippen molar-refractivity contribution in [3.8, 4) is 5.75 Å². The van der Waals surface area contributed by atoms with E-state index in [4.69, 9.17) is 4.74 Å². The lowest BCUT2D eigenvalue weighted by atomic mass is 9.87. The topological polar surface area (TPSA) is 31.5 Å². The van der Waals surface area contributed by atoms with Gasteiger partial charge in [-0.25, -0.2) is 17.6 Å². The van der Waals surface area contributed by atoms with Crippen LogP contribution in [0.5, 0.6) is 5.75 Å². The van der Waals surface area contributed by atoms with Crippen LogP contribution in [0.4, 0.5) is 22.0 Å². The molecule has 0 radical (unpaired) electrons. The van der Waals surface area contributed by atoms with E-state index < -0.39 is 29.2 Å². The highest BCUT2D eigenvalue weighted by atomic mass is 19.2. The Bertz CT molecular complexity index is 1260. The van der Waals surface area contributed by atoms with Crippen molar-refractivity contribution in [3.05, 3.63) is 64.6 Å². The molecular weight excluding hydrogens is 489 g/mol. The molecule has 0 unspecified atom stereocenters. The third-order valence-corrected chi connectivity index (χ3v) is 7.29. The molecule has 1 N–H and O–H groups in total. The lowest BCUT2D eigenvalue weighted by Crippen LogP contribution is -2.53. The van der Waals surface area contributed by atoms with Gasteiger partial charge in [-0.2, -0.15) is 0 Å². The van der Waals surface area contributed by atoms with Crippen molar-refractivity contribution in [3.63, 3.8) is 0 Å². The monoisotopic (exact) mass is 521 g/mol. The Morgan fingerprint density at radius 3 is 2.43 bits per heavy atom. The number of hydrogen-bond acceptors (Lipinski definition) is 3. The van der Waals surface area contributed by atoms with Crippen LogP contribution in [0, 0.1) is 17.5 Å². The average Bonchev–Trinajstić information content (AvgIpc) is 3.12. The summed E-state index contributed by atoms with van der Waals surface area (Å²) in [6.45, 7) is 6.11. The fraction of sp³-hybridized carbons (Fsp3) is 0.500. The summed E-state index contributed by atoms with van der Waals surface area (Å²) < 4.78 is 78.4. The molecule has 2 atom stereocenters. The molecule has 2 aromatic carbocycles. The van der Waals surface area contributed by atoms with Gasteiger partial charge in [-0.3, -0.25) is 14.2 Å². The maximum absolute atomic E-state index is 15.7. The number of ether oxygens (including phenoxy) is 1. The van der Waals surface area contributed by atoms with Crippen molar-refractivity contribution in [1.82, 2.24) is 14.8 Å². The molecule has 3 heterocycles. The van der Waals surface area contributed by atoms with E-state index in [2.05, 4.69) is 4.98 Å². The van der Waals surface area contributed by atoms with E-state index in [-0.39, 0.29) is 36.7 Å². The molecule has 4 nitrogen and oxygen atoms in total. The van der Waals surface area contributed by atoms with E-state index >= 15 is 8.78 Å². The maximum atomic E-state index is 15.7. The Morgan fingerprint density at radius 1 is 1.08 bits per heavy atom. The summed E-state index contributed by atoms with van der Waals surface area (Å²) in [5.74, 6) is -1.93. The van der Waals surface area contributed by atoms with Gasteiger partial charge in [0, 0.05) is 66.5 Å². The number of nitrogens with one attached hydrogen (secondary N) is 1. The van der Waals surface area contributed by atoms with Crippen molar-refractivity contribution in [1.29, 1.82) is 0 Å². The zero-order chi connectivity index (χ0) is 26.5. The third kappa shape index (κ3) is 5.21. The van der Waals surface area contributed by atoms with E-state index in [1.54, 1.807) is 11.0 Å². The number of halogens is 5. The van der Waals surface area contributed by atoms with Gasteiger partial charge in [-0.15, -0.1) is 0 Å². The molecule has 0 aliphatic carbocycles. The number of H-pyrrole nitrogens is 1. The van der Waals surface area contributed by atoms with Crippen LogP contribution < -0.4 is 4.74 Å². The van der Waals surface area contributed by atoms with E-state index in [1.165, 1.54) is 38.1 Å². The first-order valence-corrected chi connectivity index (χ1v) is 12.7. The van der Waals surface area contributed by atoms with Gasteiger partial charge in [-0.05, 0) is 57.4 Å². The number of rotatable bonds is 8. The fourth-order valence-corrected chi connectivity index (χ4v) is 5.67. The molecule has 0 bridgehead atoms. The van der Waals surface area contributed by atoms with Crippen LogP contribution >= 0.6 is 0 Å². The highest BCUT2D eigenvalue weighted by molar-refractivity contribution is 5.85. The van der Waals surface area contributed by atoms with Crippen molar-refractivity contribution < 1.29 is 26.7 Å². The zero-order valence-corrected chi connectivity index (χ0v) is 21.3. The minimum atomic E-state index is -1.61. The average molecular weight is 522 g/mol. The number of alkyl halides is 2. The molecule has 1 fully saturated rings. The molecule has 9 heteroatoms. The van der Waals surface area contributed by atoms with Crippen LogP contribution in [-0.2, 0) is 6.42 Å². The van der Waals surface area contributed by atoms with Crippen LogP contribution in [-0.4, -0.2) is 65.5 Å². The maximum Gasteiger partial charge on any atom is 0.135 e. The van der Waals surface area contributed by atoms with Gasteiger partial charge in [-0.1, -0.05) is 0 Å². The summed E-state index contributed by atoms with van der Waals surface area (Å²) in [6, 6.07) is 5.57. The molecule has 2 aliphatic heterocycles. The van der Waals surface area contributed by atoms with Crippen LogP contribution in [0.1, 0.15) is 50.1 Å². The number of likely N-dealkylation sites (tertiary alicyclic amines) is 1. The molecule has 1 saturated heterocycles. The van der Waals surface area contributed by atoms with E-state index in [1.807, 2.05) is 11.8 Å². The molecule has 200 valence electrons. The largest absolute Gasteiger partial charge is 0.488 e. The number of fused-ring (bicyclic) bond motifs is 3. The first kappa shape index (κ1) is 26.0. The summed E-state index contributed by atoms with van der Waals surface area (Å²) in [6.07, 6.45) is 0.746. The zero-order valence-electron chi connectivity index (χ0n) is 21.3. The van der Waals surface area contributed by atoms with Crippen LogP contribution in [0.15, 0.2) is 30.3 Å².